The Morgan fingerprint density at radius 3 is 2.37 bits per heavy atom. The van der Waals surface area contributed by atoms with Crippen molar-refractivity contribution in [2.45, 2.75) is 31.1 Å². The molecular formula is C22H29ClF2N2O2S. The molecule has 0 aromatic heterocycles. The van der Waals surface area contributed by atoms with Crippen molar-refractivity contribution in [2.75, 3.05) is 20.3 Å². The van der Waals surface area contributed by atoms with Crippen molar-refractivity contribution in [1.82, 2.24) is 0 Å². The molecule has 1 aliphatic rings. The van der Waals surface area contributed by atoms with Crippen LogP contribution in [0.25, 0.3) is 5.57 Å². The third-order valence-electron chi connectivity index (χ3n) is 4.22. The molecular weight excluding hydrogens is 430 g/mol. The van der Waals surface area contributed by atoms with E-state index >= 15 is 0 Å². The van der Waals surface area contributed by atoms with Crippen LogP contribution in [-0.2, 0) is 15.7 Å². The number of methoxy groups -OCH3 is 1. The monoisotopic (exact) mass is 458 g/mol. The smallest absolute Gasteiger partial charge is 0.140 e. The van der Waals surface area contributed by atoms with E-state index in [9.17, 15) is 13.0 Å². The summed E-state index contributed by atoms with van der Waals surface area (Å²) >= 11 is 5.50. The van der Waals surface area contributed by atoms with Crippen LogP contribution in [0.15, 0.2) is 53.4 Å². The Morgan fingerprint density at radius 2 is 1.83 bits per heavy atom. The average molecular weight is 459 g/mol. The molecule has 0 spiro atoms. The molecule has 0 saturated carbocycles. The molecule has 4 N–H and O–H groups in total. The summed E-state index contributed by atoms with van der Waals surface area (Å²) in [6, 6.07) is 10.5. The van der Waals surface area contributed by atoms with Gasteiger partial charge in [0.2, 0.25) is 0 Å². The van der Waals surface area contributed by atoms with Crippen molar-refractivity contribution in [2.24, 2.45) is 16.8 Å². The predicted octanol–water partition coefficient (Wildman–Crippen LogP) is 5.08. The summed E-state index contributed by atoms with van der Waals surface area (Å²) in [5.74, 6) is -0.317. The zero-order valence-electron chi connectivity index (χ0n) is 17.2. The van der Waals surface area contributed by atoms with Gasteiger partial charge in [0.25, 0.3) is 0 Å². The van der Waals surface area contributed by atoms with Crippen molar-refractivity contribution in [1.29, 1.82) is 0 Å². The highest BCUT2D eigenvalue weighted by molar-refractivity contribution is 7.82. The topological polar surface area (TPSA) is 78.3 Å². The Morgan fingerprint density at radius 1 is 1.20 bits per heavy atom. The lowest BCUT2D eigenvalue weighted by atomic mass is 9.84. The summed E-state index contributed by atoms with van der Waals surface area (Å²) in [5.41, 5.74) is 7.29. The molecule has 2 aromatic carbocycles. The van der Waals surface area contributed by atoms with Gasteiger partial charge in [-0.05, 0) is 67.3 Å². The number of nitrogens with two attached hydrogens (primary N) is 2. The van der Waals surface area contributed by atoms with E-state index in [4.69, 9.17) is 27.2 Å². The Hall–Kier alpha value is -1.64. The molecule has 0 bridgehead atoms. The van der Waals surface area contributed by atoms with Crippen LogP contribution < -0.4 is 10.9 Å². The predicted molar refractivity (Wildman–Crippen MR) is 120 cm³/mol. The van der Waals surface area contributed by atoms with E-state index in [0.29, 0.717) is 10.9 Å². The summed E-state index contributed by atoms with van der Waals surface area (Å²) in [6.07, 6.45) is 5.77. The molecule has 2 unspecified atom stereocenters. The summed E-state index contributed by atoms with van der Waals surface area (Å²) in [6.45, 7) is 3.41. The molecule has 8 heteroatoms. The van der Waals surface area contributed by atoms with Crippen LogP contribution in [0.5, 0.6) is 0 Å². The molecule has 0 radical (unpaired) electrons. The molecule has 166 valence electrons. The van der Waals surface area contributed by atoms with Gasteiger partial charge in [-0.2, -0.15) is 0 Å². The van der Waals surface area contributed by atoms with Gasteiger partial charge < -0.3 is 10.5 Å². The van der Waals surface area contributed by atoms with Gasteiger partial charge in [-0.3, -0.25) is 0 Å². The number of ether oxygens (including phenoxy) is 1. The van der Waals surface area contributed by atoms with Crippen LogP contribution in [0.3, 0.4) is 0 Å². The van der Waals surface area contributed by atoms with Crippen molar-refractivity contribution >= 4 is 28.2 Å². The third kappa shape index (κ3) is 9.02. The second-order valence-corrected chi connectivity index (χ2v) is 8.00. The highest BCUT2D eigenvalue weighted by Gasteiger charge is 2.18. The van der Waals surface area contributed by atoms with Gasteiger partial charge in [-0.1, -0.05) is 36.7 Å². The maximum Gasteiger partial charge on any atom is 0.140 e. The van der Waals surface area contributed by atoms with E-state index < -0.39 is 16.8 Å². The van der Waals surface area contributed by atoms with Crippen molar-refractivity contribution < 1.29 is 17.7 Å². The first-order chi connectivity index (χ1) is 14.3. The van der Waals surface area contributed by atoms with Crippen LogP contribution in [0.2, 0.25) is 5.02 Å². The first-order valence-corrected chi connectivity index (χ1v) is 11.2. The van der Waals surface area contributed by atoms with Crippen LogP contribution in [0, 0.1) is 17.6 Å². The number of benzene rings is 2. The number of hydrogen-bond donors (Lipinski definition) is 2. The molecule has 0 heterocycles. The minimum Gasteiger partial charge on any atom is -0.384 e. The van der Waals surface area contributed by atoms with E-state index in [0.717, 1.165) is 37.6 Å². The van der Waals surface area contributed by atoms with Crippen molar-refractivity contribution in [3.8, 4) is 0 Å². The van der Waals surface area contributed by atoms with Gasteiger partial charge in [0.1, 0.15) is 22.6 Å². The summed E-state index contributed by atoms with van der Waals surface area (Å²) in [7, 11) is -0.0772. The summed E-state index contributed by atoms with van der Waals surface area (Å²) in [5, 5.41) is 5.28. The number of rotatable bonds is 4. The van der Waals surface area contributed by atoms with Gasteiger partial charge in [-0.25, -0.2) is 18.1 Å². The highest BCUT2D eigenvalue weighted by Crippen LogP contribution is 2.32. The third-order valence-corrected chi connectivity index (χ3v) is 5.20. The molecule has 1 aliphatic carbocycles. The number of hydrogen-bond acceptors (Lipinski definition) is 3. The molecule has 30 heavy (non-hydrogen) atoms. The maximum atomic E-state index is 12.9. The quantitative estimate of drug-likeness (QED) is 0.670. The average Bonchev–Trinajstić information content (AvgIpc) is 2.72. The highest BCUT2D eigenvalue weighted by atomic mass is 35.5. The fourth-order valence-electron chi connectivity index (χ4n) is 2.95. The van der Waals surface area contributed by atoms with Gasteiger partial charge in [0.15, 0.2) is 0 Å². The first kappa shape index (κ1) is 26.4. The number of halogens is 3. The molecule has 2 aromatic rings. The Kier molecular flexibility index (Phi) is 12.7. The maximum absolute atomic E-state index is 12.9. The van der Waals surface area contributed by atoms with E-state index in [1.807, 2.05) is 19.1 Å². The van der Waals surface area contributed by atoms with Gasteiger partial charge in [0.05, 0.1) is 11.5 Å². The summed E-state index contributed by atoms with van der Waals surface area (Å²) < 4.78 is 41.4. The van der Waals surface area contributed by atoms with Gasteiger partial charge in [0, 0.05) is 18.1 Å². The summed E-state index contributed by atoms with van der Waals surface area (Å²) in [4.78, 5) is -0.0718. The zero-order chi connectivity index (χ0) is 22.5. The lowest BCUT2D eigenvalue weighted by Gasteiger charge is -2.24. The Balaban J connectivity index is 0.000000280. The number of allylic oxidation sites excluding steroid dienone is 1. The second kappa shape index (κ2) is 14.4. The molecule has 3 rings (SSSR count). The van der Waals surface area contributed by atoms with Crippen LogP contribution in [0.4, 0.5) is 8.78 Å². The second-order valence-electron chi connectivity index (χ2n) is 6.53. The van der Waals surface area contributed by atoms with E-state index in [1.165, 1.54) is 36.3 Å². The van der Waals surface area contributed by atoms with Gasteiger partial charge >= 0.3 is 0 Å². The lowest BCUT2D eigenvalue weighted by Crippen LogP contribution is -2.13. The Labute approximate surface area is 184 Å². The van der Waals surface area contributed by atoms with E-state index in [1.54, 1.807) is 7.11 Å². The first-order valence-electron chi connectivity index (χ1n) is 9.60. The van der Waals surface area contributed by atoms with Crippen molar-refractivity contribution in [3.05, 3.63) is 70.8 Å². The van der Waals surface area contributed by atoms with Gasteiger partial charge in [-0.15, -0.1) is 0 Å². The normalized spacial score (nSPS) is 16.4. The molecule has 0 aliphatic heterocycles. The molecule has 4 nitrogen and oxygen atoms in total. The van der Waals surface area contributed by atoms with Crippen LogP contribution >= 0.6 is 11.6 Å². The largest absolute Gasteiger partial charge is 0.384 e. The fraction of sp³-hybridized carbons (Fsp3) is 0.364. The molecule has 2 atom stereocenters. The van der Waals surface area contributed by atoms with Crippen molar-refractivity contribution in [3.63, 3.8) is 0 Å². The molecule has 0 fully saturated rings. The zero-order valence-corrected chi connectivity index (χ0v) is 18.8. The Bertz CT molecular complexity index is 832. The lowest BCUT2D eigenvalue weighted by molar-refractivity contribution is 0.167. The molecule has 0 saturated heterocycles. The van der Waals surface area contributed by atoms with E-state index in [2.05, 4.69) is 6.08 Å². The SMILES string of the molecule is CCN.COCC1CCCC=C1c1ccc(F)cc1.NS(=O)c1cc(Cl)ccc1F. The minimum absolute atomic E-state index is 0.0718. The van der Waals surface area contributed by atoms with Crippen LogP contribution in [-0.4, -0.2) is 24.5 Å². The standard InChI is InChI=1S/C14H17FO.C6H5ClFNOS.C2H7N/c1-16-10-12-4-2-3-5-14(12)11-6-8-13(15)9-7-11;7-4-1-2-5(8)6(3-4)11(9)10;1-2-3/h5-9,12H,2-4,10H2,1H3;1-3H,9H2;2-3H2,1H3. The van der Waals surface area contributed by atoms with E-state index in [-0.39, 0.29) is 10.7 Å². The fourth-order valence-corrected chi connectivity index (χ4v) is 3.69. The molecule has 0 amide bonds. The van der Waals surface area contributed by atoms with Crippen LogP contribution in [0.1, 0.15) is 31.7 Å². The minimum atomic E-state index is -1.81.